The Balaban J connectivity index is 1.92. The van der Waals surface area contributed by atoms with Crippen molar-refractivity contribution in [3.8, 4) is 5.75 Å². The molecule has 21 heavy (non-hydrogen) atoms. The smallest absolute Gasteiger partial charge is 0.250 e. The van der Waals surface area contributed by atoms with E-state index in [2.05, 4.69) is 4.72 Å². The summed E-state index contributed by atoms with van der Waals surface area (Å²) in [5, 5.41) is 1.78. The second-order valence-corrected chi connectivity index (χ2v) is 7.76. The monoisotopic (exact) mass is 327 g/mol. The predicted octanol–water partition coefficient (Wildman–Crippen LogP) is 3.00. The first kappa shape index (κ1) is 14.5. The molecule has 0 unspecified atom stereocenters. The van der Waals surface area contributed by atoms with Crippen molar-refractivity contribution in [1.82, 2.24) is 4.72 Å². The summed E-state index contributed by atoms with van der Waals surface area (Å²) < 4.78 is 46.7. The van der Waals surface area contributed by atoms with Crippen LogP contribution in [-0.4, -0.2) is 15.0 Å². The lowest BCUT2D eigenvalue weighted by molar-refractivity contribution is 0.250. The van der Waals surface area contributed by atoms with Crippen molar-refractivity contribution in [2.24, 2.45) is 0 Å². The molecule has 1 N–H and O–H groups in total. The topological polar surface area (TPSA) is 55.4 Å². The maximum Gasteiger partial charge on any atom is 0.250 e. The maximum atomic E-state index is 13.7. The molecule has 0 fully saturated rings. The van der Waals surface area contributed by atoms with Crippen molar-refractivity contribution in [2.75, 3.05) is 6.61 Å². The number of fused-ring (bicyclic) bond motifs is 1. The van der Waals surface area contributed by atoms with Crippen molar-refractivity contribution in [3.63, 3.8) is 0 Å². The van der Waals surface area contributed by atoms with Crippen LogP contribution in [0.25, 0.3) is 0 Å². The number of thiophene rings is 1. The Labute approximate surface area is 126 Å². The van der Waals surface area contributed by atoms with Crippen LogP contribution >= 0.6 is 11.3 Å². The lowest BCUT2D eigenvalue weighted by Crippen LogP contribution is -2.32. The number of benzene rings is 1. The van der Waals surface area contributed by atoms with Crippen LogP contribution in [0.5, 0.6) is 5.75 Å². The van der Waals surface area contributed by atoms with E-state index in [-0.39, 0.29) is 16.6 Å². The highest BCUT2D eigenvalue weighted by atomic mass is 32.2. The summed E-state index contributed by atoms with van der Waals surface area (Å²) in [6.45, 7) is 2.12. The van der Waals surface area contributed by atoms with E-state index >= 15 is 0 Å². The van der Waals surface area contributed by atoms with Gasteiger partial charge >= 0.3 is 0 Å². The average Bonchev–Trinajstić information content (AvgIpc) is 2.87. The van der Waals surface area contributed by atoms with Gasteiger partial charge in [-0.2, -0.15) is 0 Å². The summed E-state index contributed by atoms with van der Waals surface area (Å²) in [4.78, 5) is 0. The van der Waals surface area contributed by atoms with E-state index in [9.17, 15) is 12.8 Å². The van der Waals surface area contributed by atoms with E-state index in [0.717, 1.165) is 5.56 Å². The molecule has 3 rings (SSSR count). The minimum atomic E-state index is -3.60. The molecule has 0 amide bonds. The van der Waals surface area contributed by atoms with Crippen molar-refractivity contribution in [2.45, 2.75) is 23.6 Å². The van der Waals surface area contributed by atoms with E-state index in [1.54, 1.807) is 23.6 Å². The molecule has 0 spiro atoms. The highest BCUT2D eigenvalue weighted by Crippen LogP contribution is 2.35. The van der Waals surface area contributed by atoms with Gasteiger partial charge in [0.15, 0.2) is 11.6 Å². The van der Waals surface area contributed by atoms with Gasteiger partial charge in [-0.05, 0) is 30.0 Å². The van der Waals surface area contributed by atoms with Gasteiger partial charge in [0.25, 0.3) is 10.0 Å². The van der Waals surface area contributed by atoms with Crippen LogP contribution in [0.1, 0.15) is 23.6 Å². The van der Waals surface area contributed by atoms with Crippen LogP contribution in [0.15, 0.2) is 33.9 Å². The van der Waals surface area contributed by atoms with Crippen LogP contribution in [0.4, 0.5) is 4.39 Å². The Morgan fingerprint density at radius 2 is 2.24 bits per heavy atom. The lowest BCUT2D eigenvalue weighted by Gasteiger charge is -2.26. The minimum absolute atomic E-state index is 0.138. The summed E-state index contributed by atoms with van der Waals surface area (Å²) in [7, 11) is -3.60. The van der Waals surface area contributed by atoms with Crippen LogP contribution < -0.4 is 9.46 Å². The largest absolute Gasteiger partial charge is 0.490 e. The predicted molar refractivity (Wildman–Crippen MR) is 78.6 cm³/mol. The summed E-state index contributed by atoms with van der Waals surface area (Å²) in [5.74, 6) is -0.331. The molecule has 0 saturated heterocycles. The summed E-state index contributed by atoms with van der Waals surface area (Å²) in [6.07, 6.45) is 0.472. The zero-order valence-corrected chi connectivity index (χ0v) is 12.9. The van der Waals surface area contributed by atoms with E-state index in [0.29, 0.717) is 12.0 Å². The Bertz CT molecular complexity index is 770. The molecule has 1 aliphatic heterocycles. The molecule has 0 bridgehead atoms. The number of hydrogen-bond acceptors (Lipinski definition) is 4. The molecule has 0 aliphatic carbocycles. The number of rotatable bonds is 3. The zero-order chi connectivity index (χ0) is 15.0. The molecule has 1 atom stereocenters. The number of aryl methyl sites for hydroxylation is 1. The third-order valence-corrected chi connectivity index (χ3v) is 6.32. The highest BCUT2D eigenvalue weighted by Gasteiger charge is 2.28. The van der Waals surface area contributed by atoms with Crippen molar-refractivity contribution in [1.29, 1.82) is 0 Å². The van der Waals surface area contributed by atoms with Crippen LogP contribution in [0, 0.1) is 12.7 Å². The normalized spacial score (nSPS) is 18.1. The Hall–Kier alpha value is -1.44. The van der Waals surface area contributed by atoms with Gasteiger partial charge < -0.3 is 4.74 Å². The van der Waals surface area contributed by atoms with Gasteiger partial charge in [0.2, 0.25) is 0 Å². The van der Waals surface area contributed by atoms with Gasteiger partial charge in [0.05, 0.1) is 12.6 Å². The quantitative estimate of drug-likeness (QED) is 0.943. The third kappa shape index (κ3) is 2.81. The number of sulfonamides is 1. The number of para-hydroxylation sites is 1. The first-order chi connectivity index (χ1) is 9.97. The van der Waals surface area contributed by atoms with Gasteiger partial charge in [0, 0.05) is 12.0 Å². The van der Waals surface area contributed by atoms with Gasteiger partial charge in [0.1, 0.15) is 4.21 Å². The van der Waals surface area contributed by atoms with Crippen LogP contribution in [0.2, 0.25) is 0 Å². The van der Waals surface area contributed by atoms with Crippen molar-refractivity contribution >= 4 is 21.4 Å². The van der Waals surface area contributed by atoms with E-state index in [1.807, 2.05) is 6.92 Å². The molecule has 1 aromatic heterocycles. The van der Waals surface area contributed by atoms with Gasteiger partial charge in [-0.1, -0.05) is 12.1 Å². The Morgan fingerprint density at radius 3 is 2.95 bits per heavy atom. The van der Waals surface area contributed by atoms with Gasteiger partial charge in [-0.3, -0.25) is 0 Å². The Kier molecular flexibility index (Phi) is 3.73. The molecule has 1 aromatic carbocycles. The lowest BCUT2D eigenvalue weighted by atomic mass is 10.0. The highest BCUT2D eigenvalue weighted by molar-refractivity contribution is 7.91. The van der Waals surface area contributed by atoms with E-state index < -0.39 is 21.9 Å². The fourth-order valence-electron chi connectivity index (χ4n) is 2.30. The molecule has 0 saturated carbocycles. The minimum Gasteiger partial charge on any atom is -0.490 e. The Morgan fingerprint density at radius 1 is 1.43 bits per heavy atom. The molecule has 112 valence electrons. The van der Waals surface area contributed by atoms with Gasteiger partial charge in [-0.15, -0.1) is 11.3 Å². The fourth-order valence-corrected chi connectivity index (χ4v) is 4.80. The number of ether oxygens (including phenoxy) is 1. The average molecular weight is 327 g/mol. The van der Waals surface area contributed by atoms with Crippen molar-refractivity contribution < 1.29 is 17.5 Å². The molecule has 1 aliphatic rings. The van der Waals surface area contributed by atoms with E-state index in [4.69, 9.17) is 4.74 Å². The molecular weight excluding hydrogens is 313 g/mol. The molecule has 0 radical (unpaired) electrons. The number of hydrogen-bond donors (Lipinski definition) is 1. The summed E-state index contributed by atoms with van der Waals surface area (Å²) in [6, 6.07) is 5.69. The third-order valence-electron chi connectivity index (χ3n) is 3.29. The number of nitrogens with one attached hydrogen (secondary N) is 1. The van der Waals surface area contributed by atoms with Crippen LogP contribution in [0.3, 0.4) is 0 Å². The maximum absolute atomic E-state index is 13.7. The summed E-state index contributed by atoms with van der Waals surface area (Å²) in [5.41, 5.74) is 1.44. The zero-order valence-electron chi connectivity index (χ0n) is 11.3. The second-order valence-electron chi connectivity index (χ2n) is 4.91. The standard InChI is InChI=1S/C14H14FNO3S2/c1-9-7-13(20-8-9)21(17,18)16-12-5-6-19-14-10(12)3-2-4-11(14)15/h2-4,7-8,12,16H,5-6H2,1H3/t12-/m0/s1. The molecule has 7 heteroatoms. The molecule has 4 nitrogen and oxygen atoms in total. The van der Waals surface area contributed by atoms with Crippen molar-refractivity contribution in [3.05, 3.63) is 46.6 Å². The van der Waals surface area contributed by atoms with E-state index in [1.165, 1.54) is 17.4 Å². The molecule has 2 aromatic rings. The SMILES string of the molecule is Cc1csc(S(=O)(=O)N[C@H]2CCOc3c(F)cccc32)c1. The van der Waals surface area contributed by atoms with Gasteiger partial charge in [-0.25, -0.2) is 17.5 Å². The molecule has 2 heterocycles. The second kappa shape index (κ2) is 5.40. The number of halogens is 1. The van der Waals surface area contributed by atoms with Crippen LogP contribution in [-0.2, 0) is 10.0 Å². The first-order valence-corrected chi connectivity index (χ1v) is 8.82. The molecular formula is C14H14FNO3S2. The fraction of sp³-hybridized carbons (Fsp3) is 0.286. The first-order valence-electron chi connectivity index (χ1n) is 6.46. The summed E-state index contributed by atoms with van der Waals surface area (Å²) >= 11 is 1.17.